The first kappa shape index (κ1) is 11.2. The number of nitrogens with one attached hydrogen (secondary N) is 2. The number of amides is 2. The first-order chi connectivity index (χ1) is 7.74. The molecule has 1 aromatic rings. The minimum absolute atomic E-state index is 0.214. The van der Waals surface area contributed by atoms with Crippen LogP contribution in [0.3, 0.4) is 0 Å². The Kier molecular flexibility index (Phi) is 3.61. The van der Waals surface area contributed by atoms with Gasteiger partial charge in [-0.3, -0.25) is 4.98 Å². The van der Waals surface area contributed by atoms with Gasteiger partial charge in [0.1, 0.15) is 5.82 Å². The first-order valence-electron chi connectivity index (χ1n) is 5.00. The first-order valence-corrected chi connectivity index (χ1v) is 6.15. The fourth-order valence-electron chi connectivity index (χ4n) is 1.48. The van der Waals surface area contributed by atoms with E-state index in [1.165, 1.54) is 12.3 Å². The Bertz CT molecular complexity index is 382. The van der Waals surface area contributed by atoms with Gasteiger partial charge in [-0.15, -0.1) is 0 Å². The lowest BCUT2D eigenvalue weighted by molar-refractivity contribution is 0.249. The molecule has 0 unspecified atom stereocenters. The van der Waals surface area contributed by atoms with Gasteiger partial charge in [0.2, 0.25) is 0 Å². The van der Waals surface area contributed by atoms with E-state index in [1.807, 2.05) is 11.8 Å². The van der Waals surface area contributed by atoms with Crippen LogP contribution in [0.2, 0.25) is 0 Å². The standard InChI is InChI=1S/C10H12FN3OS/c11-7-3-9(5-12-4-7)14-10(15)13-8-1-2-16-6-8/h3-5,8H,1-2,6H2,(H2,13,14,15)/t8-/m1/s1. The highest BCUT2D eigenvalue weighted by molar-refractivity contribution is 7.99. The van der Waals surface area contributed by atoms with Gasteiger partial charge in [0, 0.05) is 17.9 Å². The summed E-state index contributed by atoms with van der Waals surface area (Å²) in [4.78, 5) is 15.1. The molecule has 4 nitrogen and oxygen atoms in total. The lowest BCUT2D eigenvalue weighted by Gasteiger charge is -2.12. The van der Waals surface area contributed by atoms with Crippen LogP contribution in [0.4, 0.5) is 14.9 Å². The van der Waals surface area contributed by atoms with Crippen molar-refractivity contribution in [3.8, 4) is 0 Å². The van der Waals surface area contributed by atoms with Gasteiger partial charge in [-0.2, -0.15) is 11.8 Å². The van der Waals surface area contributed by atoms with Crippen molar-refractivity contribution in [1.82, 2.24) is 10.3 Å². The van der Waals surface area contributed by atoms with Crippen molar-refractivity contribution in [3.63, 3.8) is 0 Å². The zero-order valence-electron chi connectivity index (χ0n) is 8.57. The van der Waals surface area contributed by atoms with Gasteiger partial charge in [0.15, 0.2) is 0 Å². The third-order valence-electron chi connectivity index (χ3n) is 2.23. The molecule has 2 heterocycles. The van der Waals surface area contributed by atoms with E-state index in [-0.39, 0.29) is 12.1 Å². The molecule has 6 heteroatoms. The van der Waals surface area contributed by atoms with E-state index in [9.17, 15) is 9.18 Å². The second-order valence-corrected chi connectivity index (χ2v) is 4.70. The number of thioether (sulfide) groups is 1. The van der Waals surface area contributed by atoms with Gasteiger partial charge in [0.25, 0.3) is 0 Å². The third kappa shape index (κ3) is 3.10. The number of rotatable bonds is 2. The summed E-state index contributed by atoms with van der Waals surface area (Å²) in [6.07, 6.45) is 3.49. The Labute approximate surface area is 97.0 Å². The highest BCUT2D eigenvalue weighted by Gasteiger charge is 2.17. The Morgan fingerprint density at radius 1 is 1.56 bits per heavy atom. The van der Waals surface area contributed by atoms with E-state index >= 15 is 0 Å². The molecule has 1 fully saturated rings. The molecule has 0 aliphatic carbocycles. The molecule has 0 aromatic carbocycles. The predicted octanol–water partition coefficient (Wildman–Crippen LogP) is 1.85. The van der Waals surface area contributed by atoms with Crippen LogP contribution in [-0.4, -0.2) is 28.6 Å². The van der Waals surface area contributed by atoms with Crippen molar-refractivity contribution < 1.29 is 9.18 Å². The van der Waals surface area contributed by atoms with E-state index in [1.54, 1.807) is 0 Å². The summed E-state index contributed by atoms with van der Waals surface area (Å²) in [6, 6.07) is 1.14. The average molecular weight is 241 g/mol. The second-order valence-electron chi connectivity index (χ2n) is 3.55. The minimum atomic E-state index is -0.464. The number of carbonyl (C=O) groups excluding carboxylic acids is 1. The molecular formula is C10H12FN3OS. The van der Waals surface area contributed by atoms with Crippen molar-refractivity contribution in [2.75, 3.05) is 16.8 Å². The predicted molar refractivity (Wildman–Crippen MR) is 62.1 cm³/mol. The summed E-state index contributed by atoms with van der Waals surface area (Å²) < 4.78 is 12.8. The molecule has 2 amide bonds. The summed E-state index contributed by atoms with van der Waals surface area (Å²) in [5.74, 6) is 1.55. The van der Waals surface area contributed by atoms with Crippen LogP contribution >= 0.6 is 11.8 Å². The van der Waals surface area contributed by atoms with E-state index in [0.717, 1.165) is 24.1 Å². The van der Waals surface area contributed by atoms with Crippen LogP contribution in [0.25, 0.3) is 0 Å². The molecule has 1 aliphatic heterocycles. The number of hydrogen-bond donors (Lipinski definition) is 2. The number of hydrogen-bond acceptors (Lipinski definition) is 3. The van der Waals surface area contributed by atoms with Crippen LogP contribution in [0.1, 0.15) is 6.42 Å². The summed E-state index contributed by atoms with van der Waals surface area (Å²) in [6.45, 7) is 0. The Morgan fingerprint density at radius 3 is 3.12 bits per heavy atom. The monoisotopic (exact) mass is 241 g/mol. The van der Waals surface area contributed by atoms with Crippen LogP contribution in [0, 0.1) is 5.82 Å². The molecule has 0 radical (unpaired) electrons. The van der Waals surface area contributed by atoms with E-state index < -0.39 is 5.82 Å². The summed E-state index contributed by atoms with van der Waals surface area (Å²) >= 11 is 1.82. The molecule has 2 N–H and O–H groups in total. The van der Waals surface area contributed by atoms with Gasteiger partial charge in [-0.05, 0) is 12.2 Å². The molecular weight excluding hydrogens is 229 g/mol. The molecule has 2 rings (SSSR count). The second kappa shape index (κ2) is 5.16. The molecule has 0 saturated carbocycles. The molecule has 1 saturated heterocycles. The maximum Gasteiger partial charge on any atom is 0.319 e. The SMILES string of the molecule is O=C(Nc1cncc(F)c1)N[C@@H]1CCSC1. The number of urea groups is 1. The number of pyridine rings is 1. The largest absolute Gasteiger partial charge is 0.334 e. The van der Waals surface area contributed by atoms with Crippen molar-refractivity contribution in [3.05, 3.63) is 24.3 Å². The highest BCUT2D eigenvalue weighted by Crippen LogP contribution is 2.17. The van der Waals surface area contributed by atoms with Crippen LogP contribution in [-0.2, 0) is 0 Å². The Hall–Kier alpha value is -1.30. The van der Waals surface area contributed by atoms with Gasteiger partial charge >= 0.3 is 6.03 Å². The highest BCUT2D eigenvalue weighted by atomic mass is 32.2. The van der Waals surface area contributed by atoms with Gasteiger partial charge in [-0.25, -0.2) is 9.18 Å². The van der Waals surface area contributed by atoms with Gasteiger partial charge in [0.05, 0.1) is 18.1 Å². The number of nitrogens with zero attached hydrogens (tertiary/aromatic N) is 1. The number of aromatic nitrogens is 1. The fraction of sp³-hybridized carbons (Fsp3) is 0.400. The maximum absolute atomic E-state index is 12.8. The molecule has 1 aliphatic rings. The van der Waals surface area contributed by atoms with E-state index in [0.29, 0.717) is 5.69 Å². The van der Waals surface area contributed by atoms with Crippen molar-refractivity contribution in [1.29, 1.82) is 0 Å². The molecule has 1 aromatic heterocycles. The summed E-state index contributed by atoms with van der Waals surface area (Å²) in [5.41, 5.74) is 0.364. The molecule has 0 bridgehead atoms. The average Bonchev–Trinajstić information content (AvgIpc) is 2.70. The minimum Gasteiger partial charge on any atom is -0.334 e. The van der Waals surface area contributed by atoms with Crippen LogP contribution in [0.5, 0.6) is 0 Å². The quantitative estimate of drug-likeness (QED) is 0.830. The summed E-state index contributed by atoms with van der Waals surface area (Å²) in [5, 5.41) is 5.37. The third-order valence-corrected chi connectivity index (χ3v) is 3.39. The lowest BCUT2D eigenvalue weighted by Crippen LogP contribution is -2.37. The molecule has 86 valence electrons. The Balaban J connectivity index is 1.86. The van der Waals surface area contributed by atoms with Crippen molar-refractivity contribution in [2.24, 2.45) is 0 Å². The van der Waals surface area contributed by atoms with Gasteiger partial charge in [-0.1, -0.05) is 0 Å². The molecule has 1 atom stereocenters. The smallest absolute Gasteiger partial charge is 0.319 e. The summed E-state index contributed by atoms with van der Waals surface area (Å²) in [7, 11) is 0. The lowest BCUT2D eigenvalue weighted by atomic mass is 10.3. The Morgan fingerprint density at radius 2 is 2.44 bits per heavy atom. The van der Waals surface area contributed by atoms with E-state index in [2.05, 4.69) is 15.6 Å². The zero-order valence-corrected chi connectivity index (χ0v) is 9.39. The van der Waals surface area contributed by atoms with Crippen LogP contribution in [0.15, 0.2) is 18.5 Å². The van der Waals surface area contributed by atoms with Crippen LogP contribution < -0.4 is 10.6 Å². The number of carbonyl (C=O) groups is 1. The molecule has 0 spiro atoms. The van der Waals surface area contributed by atoms with Gasteiger partial charge < -0.3 is 10.6 Å². The molecule has 16 heavy (non-hydrogen) atoms. The zero-order chi connectivity index (χ0) is 11.4. The van der Waals surface area contributed by atoms with Crippen molar-refractivity contribution in [2.45, 2.75) is 12.5 Å². The number of halogens is 1. The van der Waals surface area contributed by atoms with E-state index in [4.69, 9.17) is 0 Å². The normalized spacial score (nSPS) is 19.4. The fourth-order valence-corrected chi connectivity index (χ4v) is 2.63. The number of anilines is 1. The van der Waals surface area contributed by atoms with Crippen molar-refractivity contribution >= 4 is 23.5 Å². The maximum atomic E-state index is 12.8. The topological polar surface area (TPSA) is 54.0 Å².